The number of piperazine rings is 1. The third-order valence-electron chi connectivity index (χ3n) is 5.76. The van der Waals surface area contributed by atoms with Gasteiger partial charge in [-0.3, -0.25) is 0 Å². The van der Waals surface area contributed by atoms with E-state index in [1.165, 1.54) is 27.9 Å². The molecule has 6 rings (SSSR count). The first-order valence-corrected chi connectivity index (χ1v) is 9.28. The second-order valence-corrected chi connectivity index (χ2v) is 7.71. The lowest BCUT2D eigenvalue weighted by atomic mass is 9.98. The molecule has 122 valence electrons. The Morgan fingerprint density at radius 2 is 1.62 bits per heavy atom. The van der Waals surface area contributed by atoms with Crippen molar-refractivity contribution in [3.05, 3.63) is 65.7 Å². The van der Waals surface area contributed by atoms with Crippen LogP contribution in [0, 0.1) is 0 Å². The number of hydrogen-bond donors (Lipinski definition) is 1. The molecule has 4 aliphatic rings. The molecular formula is C21H22N2S. The van der Waals surface area contributed by atoms with Crippen molar-refractivity contribution in [1.82, 2.24) is 4.31 Å². The molecule has 3 heteroatoms. The molecule has 0 aromatic heterocycles. The van der Waals surface area contributed by atoms with Gasteiger partial charge in [-0.05, 0) is 53.6 Å². The molecule has 3 aliphatic heterocycles. The molecule has 2 aromatic carbocycles. The fourth-order valence-corrected chi connectivity index (χ4v) is 4.82. The lowest BCUT2D eigenvalue weighted by Gasteiger charge is -2.46. The molecule has 0 saturated carbocycles. The largest absolute Gasteiger partial charge is 0.365 e. The Labute approximate surface area is 149 Å². The fraction of sp³-hybridized carbons (Fsp3) is 0.333. The maximum Gasteiger partial charge on any atom is 0.0461 e. The summed E-state index contributed by atoms with van der Waals surface area (Å²) in [5, 5.41) is 0. The maximum atomic E-state index is 4.71. The Morgan fingerprint density at radius 1 is 0.833 bits per heavy atom. The van der Waals surface area contributed by atoms with Gasteiger partial charge in [-0.2, -0.15) is 0 Å². The summed E-state index contributed by atoms with van der Waals surface area (Å²) in [5.41, 5.74) is 7.15. The van der Waals surface area contributed by atoms with Crippen LogP contribution in [0.25, 0.3) is 11.1 Å². The molecule has 1 fully saturated rings. The summed E-state index contributed by atoms with van der Waals surface area (Å²) in [4.78, 5) is 2.62. The first kappa shape index (κ1) is 14.6. The Bertz CT molecular complexity index is 813. The van der Waals surface area contributed by atoms with E-state index in [2.05, 4.69) is 63.8 Å². The molecule has 0 N–H and O–H groups in total. The van der Waals surface area contributed by atoms with E-state index < -0.39 is 0 Å². The molecule has 0 unspecified atom stereocenters. The van der Waals surface area contributed by atoms with Crippen LogP contribution < -0.4 is 4.90 Å². The fourth-order valence-electron chi connectivity index (χ4n) is 4.46. The highest BCUT2D eigenvalue weighted by Gasteiger charge is 2.33. The zero-order chi connectivity index (χ0) is 16.1. The Kier molecular flexibility index (Phi) is 3.46. The third-order valence-corrected chi connectivity index (χ3v) is 6.25. The molecule has 2 atom stereocenters. The summed E-state index contributed by atoms with van der Waals surface area (Å²) in [6.45, 7) is 2.11. The monoisotopic (exact) mass is 334 g/mol. The van der Waals surface area contributed by atoms with Gasteiger partial charge in [0.25, 0.3) is 0 Å². The van der Waals surface area contributed by atoms with Crippen molar-refractivity contribution in [2.24, 2.45) is 0 Å². The maximum absolute atomic E-state index is 4.71. The first-order valence-electron chi connectivity index (χ1n) is 8.88. The Balaban J connectivity index is 1.50. The molecule has 0 spiro atoms. The zero-order valence-corrected chi connectivity index (χ0v) is 14.6. The number of hydrogen-bond acceptors (Lipinski definition) is 3. The third kappa shape index (κ3) is 2.30. The van der Waals surface area contributed by atoms with Gasteiger partial charge in [-0.15, -0.1) is 0 Å². The van der Waals surface area contributed by atoms with E-state index >= 15 is 0 Å². The van der Waals surface area contributed by atoms with Crippen LogP contribution in [0.3, 0.4) is 0 Å². The van der Waals surface area contributed by atoms with E-state index in [0.717, 1.165) is 32.4 Å². The first-order chi connectivity index (χ1) is 11.8. The highest BCUT2D eigenvalue weighted by Crippen LogP contribution is 2.39. The van der Waals surface area contributed by atoms with Crippen LogP contribution in [0.5, 0.6) is 0 Å². The van der Waals surface area contributed by atoms with Crippen molar-refractivity contribution in [3.8, 4) is 11.1 Å². The van der Waals surface area contributed by atoms with Crippen molar-refractivity contribution < 1.29 is 0 Å². The van der Waals surface area contributed by atoms with Gasteiger partial charge in [0.1, 0.15) is 0 Å². The minimum absolute atomic E-state index is 0.506. The minimum atomic E-state index is 0.506. The smallest absolute Gasteiger partial charge is 0.0461 e. The molecule has 1 saturated heterocycles. The predicted molar refractivity (Wildman–Crippen MR) is 104 cm³/mol. The molecule has 0 radical (unpaired) electrons. The number of fused-ring (bicyclic) bond motifs is 7. The van der Waals surface area contributed by atoms with Gasteiger partial charge in [0.15, 0.2) is 0 Å². The second-order valence-electron chi connectivity index (χ2n) is 7.20. The second kappa shape index (κ2) is 5.68. The Hall–Kier alpha value is -1.71. The van der Waals surface area contributed by atoms with Crippen LogP contribution in [0.15, 0.2) is 54.6 Å². The topological polar surface area (TPSA) is 6.48 Å². The van der Waals surface area contributed by atoms with E-state index in [1.807, 2.05) is 0 Å². The average Bonchev–Trinajstić information content (AvgIpc) is 2.94. The average molecular weight is 334 g/mol. The summed E-state index contributed by atoms with van der Waals surface area (Å²) < 4.78 is 2.24. The normalized spacial score (nSPS) is 26.6. The van der Waals surface area contributed by atoms with Gasteiger partial charge in [-0.25, -0.2) is 4.31 Å². The highest BCUT2D eigenvalue weighted by atomic mass is 32.1. The van der Waals surface area contributed by atoms with Crippen LogP contribution >= 0.6 is 12.8 Å². The molecule has 2 bridgehead atoms. The Morgan fingerprint density at radius 3 is 2.54 bits per heavy atom. The SMILES string of the molecule is SN1C[C@@H]2C/C=C\C[C@H]1CN2c1ccc2c(c1)Cc1ccccc1-2. The number of anilines is 1. The molecule has 2 nitrogen and oxygen atoms in total. The van der Waals surface area contributed by atoms with Crippen molar-refractivity contribution >= 4 is 18.5 Å². The molecule has 24 heavy (non-hydrogen) atoms. The van der Waals surface area contributed by atoms with E-state index in [4.69, 9.17) is 12.8 Å². The van der Waals surface area contributed by atoms with E-state index in [0.29, 0.717) is 12.1 Å². The predicted octanol–water partition coefficient (Wildman–Crippen LogP) is 4.31. The van der Waals surface area contributed by atoms with E-state index in [-0.39, 0.29) is 0 Å². The van der Waals surface area contributed by atoms with Crippen LogP contribution in [0.4, 0.5) is 5.69 Å². The minimum Gasteiger partial charge on any atom is -0.365 e. The van der Waals surface area contributed by atoms with Crippen molar-refractivity contribution in [1.29, 1.82) is 0 Å². The number of rotatable bonds is 1. The molecule has 1 aliphatic carbocycles. The summed E-state index contributed by atoms with van der Waals surface area (Å²) in [6, 6.07) is 16.9. The standard InChI is InChI=1S/C21H22N2S/c24-23-14-18-6-2-3-7-19(23)13-22(18)17-9-10-21-16(12-17)11-15-5-1-4-8-20(15)21/h1-5,8-10,12,18-19,24H,6-7,11,13-14H2/b3-2-/t18-,19-/m0/s1. The number of benzene rings is 2. The van der Waals surface area contributed by atoms with Crippen molar-refractivity contribution in [2.75, 3.05) is 18.0 Å². The van der Waals surface area contributed by atoms with Gasteiger partial charge in [0.2, 0.25) is 0 Å². The molecule has 2 aromatic rings. The van der Waals surface area contributed by atoms with Gasteiger partial charge in [-0.1, -0.05) is 55.3 Å². The molecule has 0 amide bonds. The molecular weight excluding hydrogens is 312 g/mol. The van der Waals surface area contributed by atoms with Crippen molar-refractivity contribution in [3.63, 3.8) is 0 Å². The van der Waals surface area contributed by atoms with Gasteiger partial charge >= 0.3 is 0 Å². The van der Waals surface area contributed by atoms with Gasteiger partial charge in [0, 0.05) is 30.9 Å². The highest BCUT2D eigenvalue weighted by molar-refractivity contribution is 7.77. The van der Waals surface area contributed by atoms with Crippen LogP contribution in [0.1, 0.15) is 24.0 Å². The summed E-state index contributed by atoms with van der Waals surface area (Å²) >= 11 is 4.71. The lowest BCUT2D eigenvalue weighted by molar-refractivity contribution is 0.271. The summed E-state index contributed by atoms with van der Waals surface area (Å²) in [6.07, 6.45) is 7.97. The lowest BCUT2D eigenvalue weighted by Crippen LogP contribution is -2.56. The van der Waals surface area contributed by atoms with Gasteiger partial charge < -0.3 is 4.90 Å². The van der Waals surface area contributed by atoms with Crippen LogP contribution in [-0.4, -0.2) is 29.5 Å². The summed E-state index contributed by atoms with van der Waals surface area (Å²) in [5.74, 6) is 0. The van der Waals surface area contributed by atoms with E-state index in [1.54, 1.807) is 0 Å². The van der Waals surface area contributed by atoms with Gasteiger partial charge in [0.05, 0.1) is 0 Å². The van der Waals surface area contributed by atoms with Crippen LogP contribution in [0.2, 0.25) is 0 Å². The quantitative estimate of drug-likeness (QED) is 0.523. The number of thiol groups is 1. The van der Waals surface area contributed by atoms with Crippen molar-refractivity contribution in [2.45, 2.75) is 31.3 Å². The molecule has 3 heterocycles. The van der Waals surface area contributed by atoms with Crippen LogP contribution in [-0.2, 0) is 6.42 Å². The summed E-state index contributed by atoms with van der Waals surface area (Å²) in [7, 11) is 0. The number of nitrogens with zero attached hydrogens (tertiary/aromatic N) is 2. The van der Waals surface area contributed by atoms with E-state index in [9.17, 15) is 0 Å². The zero-order valence-electron chi connectivity index (χ0n) is 13.7.